The Morgan fingerprint density at radius 3 is 3.00 bits per heavy atom. The number of benzene rings is 1. The fraction of sp³-hybridized carbons (Fsp3) is 0.467. The fourth-order valence-corrected chi connectivity index (χ4v) is 3.25. The van der Waals surface area contributed by atoms with Crippen molar-refractivity contribution in [3.63, 3.8) is 0 Å². The number of nitrogens with one attached hydrogen (secondary N) is 1. The maximum atomic E-state index is 12.0. The minimum atomic E-state index is -0.163. The third kappa shape index (κ3) is 4.41. The van der Waals surface area contributed by atoms with Crippen molar-refractivity contribution in [2.45, 2.75) is 37.9 Å². The van der Waals surface area contributed by atoms with Crippen LogP contribution in [0.15, 0.2) is 18.2 Å². The molecule has 1 unspecified atom stereocenters. The van der Waals surface area contributed by atoms with Gasteiger partial charge in [0.25, 0.3) is 0 Å². The lowest BCUT2D eigenvalue weighted by atomic mass is 10.2. The summed E-state index contributed by atoms with van der Waals surface area (Å²) in [5.74, 6) is 0.792. The summed E-state index contributed by atoms with van der Waals surface area (Å²) in [4.78, 5) is 16.3. The van der Waals surface area contributed by atoms with E-state index in [2.05, 4.69) is 33.2 Å². The molecule has 2 aromatic rings. The predicted octanol–water partition coefficient (Wildman–Crippen LogP) is 4.59. The number of rotatable bonds is 7. The Morgan fingerprint density at radius 1 is 1.48 bits per heavy atom. The molecule has 21 heavy (non-hydrogen) atoms. The lowest BCUT2D eigenvalue weighted by molar-refractivity contribution is -0.115. The van der Waals surface area contributed by atoms with E-state index < -0.39 is 0 Å². The Balaban J connectivity index is 2.06. The van der Waals surface area contributed by atoms with Gasteiger partial charge in [0.1, 0.15) is 5.75 Å². The molecule has 1 amide bonds. The number of hydrogen-bond acceptors (Lipinski definition) is 4. The van der Waals surface area contributed by atoms with E-state index in [4.69, 9.17) is 4.74 Å². The van der Waals surface area contributed by atoms with Gasteiger partial charge in [0.2, 0.25) is 5.91 Å². The zero-order chi connectivity index (χ0) is 15.2. The molecule has 0 saturated heterocycles. The standard InChI is InChI=1S/C15H19BrN2O2S/c1-3-5-6-11(16)14(19)18-15-17-12-8-7-10(20-4-2)9-13(12)21-15/h7-9,11H,3-6H2,1-2H3,(H,17,18,19). The smallest absolute Gasteiger partial charge is 0.239 e. The Morgan fingerprint density at radius 2 is 2.29 bits per heavy atom. The zero-order valence-electron chi connectivity index (χ0n) is 12.2. The van der Waals surface area contributed by atoms with E-state index in [1.165, 1.54) is 11.3 Å². The number of thiazole rings is 1. The SMILES string of the molecule is CCCCC(Br)C(=O)Nc1nc2ccc(OCC)cc2s1. The summed E-state index contributed by atoms with van der Waals surface area (Å²) in [6.45, 7) is 4.70. The van der Waals surface area contributed by atoms with Crippen LogP contribution in [0.3, 0.4) is 0 Å². The lowest BCUT2D eigenvalue weighted by Gasteiger charge is -2.07. The minimum Gasteiger partial charge on any atom is -0.494 e. The van der Waals surface area contributed by atoms with E-state index in [-0.39, 0.29) is 10.7 Å². The maximum Gasteiger partial charge on any atom is 0.239 e. The molecule has 1 heterocycles. The number of anilines is 1. The second-order valence-electron chi connectivity index (χ2n) is 4.68. The van der Waals surface area contributed by atoms with E-state index >= 15 is 0 Å². The number of aromatic nitrogens is 1. The highest BCUT2D eigenvalue weighted by Crippen LogP contribution is 2.29. The Bertz CT molecular complexity index is 615. The summed E-state index contributed by atoms with van der Waals surface area (Å²) in [6, 6.07) is 5.76. The molecule has 0 aliphatic carbocycles. The minimum absolute atomic E-state index is 0.0347. The highest BCUT2D eigenvalue weighted by atomic mass is 79.9. The van der Waals surface area contributed by atoms with Gasteiger partial charge in [0.05, 0.1) is 21.7 Å². The van der Waals surface area contributed by atoms with E-state index in [1.807, 2.05) is 25.1 Å². The van der Waals surface area contributed by atoms with Gasteiger partial charge < -0.3 is 10.1 Å². The first-order valence-corrected chi connectivity index (χ1v) is 8.85. The monoisotopic (exact) mass is 370 g/mol. The molecule has 1 N–H and O–H groups in total. The number of nitrogens with zero attached hydrogens (tertiary/aromatic N) is 1. The largest absolute Gasteiger partial charge is 0.494 e. The molecule has 0 aliphatic heterocycles. The number of ether oxygens (including phenoxy) is 1. The first-order chi connectivity index (χ1) is 10.1. The molecule has 6 heteroatoms. The Hall–Kier alpha value is -1.14. The number of amides is 1. The van der Waals surface area contributed by atoms with Gasteiger partial charge in [-0.3, -0.25) is 4.79 Å². The number of fused-ring (bicyclic) bond motifs is 1. The van der Waals surface area contributed by atoms with Crippen LogP contribution in [-0.4, -0.2) is 22.3 Å². The molecule has 2 rings (SSSR count). The average Bonchev–Trinajstić information content (AvgIpc) is 2.86. The maximum absolute atomic E-state index is 12.0. The second kappa shape index (κ2) is 7.75. The quantitative estimate of drug-likeness (QED) is 0.725. The van der Waals surface area contributed by atoms with Gasteiger partial charge in [-0.15, -0.1) is 0 Å². The van der Waals surface area contributed by atoms with Crippen LogP contribution in [0.1, 0.15) is 33.1 Å². The van der Waals surface area contributed by atoms with Gasteiger partial charge in [0, 0.05) is 0 Å². The van der Waals surface area contributed by atoms with Crippen LogP contribution in [0, 0.1) is 0 Å². The highest BCUT2D eigenvalue weighted by molar-refractivity contribution is 9.10. The van der Waals surface area contributed by atoms with Gasteiger partial charge in [-0.2, -0.15) is 0 Å². The van der Waals surface area contributed by atoms with Crippen molar-refractivity contribution in [3.05, 3.63) is 18.2 Å². The van der Waals surface area contributed by atoms with Crippen molar-refractivity contribution in [2.75, 3.05) is 11.9 Å². The molecule has 1 atom stereocenters. The van der Waals surface area contributed by atoms with Crippen LogP contribution in [0.5, 0.6) is 5.75 Å². The number of carbonyl (C=O) groups excluding carboxylic acids is 1. The van der Waals surface area contributed by atoms with Gasteiger partial charge in [-0.1, -0.05) is 47.0 Å². The Kier molecular flexibility index (Phi) is 5.99. The molecule has 0 fully saturated rings. The number of alkyl halides is 1. The van der Waals surface area contributed by atoms with Crippen LogP contribution in [-0.2, 0) is 4.79 Å². The third-order valence-corrected chi connectivity index (χ3v) is 4.80. The first-order valence-electron chi connectivity index (χ1n) is 7.12. The number of carbonyl (C=O) groups is 1. The van der Waals surface area contributed by atoms with Crippen molar-refractivity contribution in [1.29, 1.82) is 0 Å². The summed E-state index contributed by atoms with van der Waals surface area (Å²) in [5, 5.41) is 3.50. The summed E-state index contributed by atoms with van der Waals surface area (Å²) in [7, 11) is 0. The van der Waals surface area contributed by atoms with Crippen LogP contribution in [0.4, 0.5) is 5.13 Å². The van der Waals surface area contributed by atoms with Crippen molar-refractivity contribution in [3.8, 4) is 5.75 Å². The predicted molar refractivity (Wildman–Crippen MR) is 91.7 cm³/mol. The lowest BCUT2D eigenvalue weighted by Crippen LogP contribution is -2.22. The normalized spacial score (nSPS) is 12.3. The van der Waals surface area contributed by atoms with Crippen LogP contribution in [0.2, 0.25) is 0 Å². The number of unbranched alkanes of at least 4 members (excludes halogenated alkanes) is 1. The molecule has 0 radical (unpaired) electrons. The highest BCUT2D eigenvalue weighted by Gasteiger charge is 2.16. The van der Waals surface area contributed by atoms with E-state index in [1.54, 1.807) is 0 Å². The first kappa shape index (κ1) is 16.2. The van der Waals surface area contributed by atoms with Crippen molar-refractivity contribution in [1.82, 2.24) is 4.98 Å². The molecule has 4 nitrogen and oxygen atoms in total. The van der Waals surface area contributed by atoms with Gasteiger partial charge in [0.15, 0.2) is 5.13 Å². The molecule has 0 saturated carbocycles. The average molecular weight is 371 g/mol. The second-order valence-corrected chi connectivity index (χ2v) is 6.82. The third-order valence-electron chi connectivity index (χ3n) is 3.00. The molecule has 0 bridgehead atoms. The van der Waals surface area contributed by atoms with E-state index in [0.29, 0.717) is 11.7 Å². The summed E-state index contributed by atoms with van der Waals surface area (Å²) < 4.78 is 6.48. The van der Waals surface area contributed by atoms with Gasteiger partial charge >= 0.3 is 0 Å². The van der Waals surface area contributed by atoms with E-state index in [0.717, 1.165) is 35.2 Å². The zero-order valence-corrected chi connectivity index (χ0v) is 14.6. The number of halogens is 1. The van der Waals surface area contributed by atoms with E-state index in [9.17, 15) is 4.79 Å². The molecule has 114 valence electrons. The van der Waals surface area contributed by atoms with Gasteiger partial charge in [-0.05, 0) is 31.5 Å². The Labute approximate surface area is 137 Å². The summed E-state index contributed by atoms with van der Waals surface area (Å²) in [5.41, 5.74) is 0.874. The molecule has 0 aliphatic rings. The number of hydrogen-bond donors (Lipinski definition) is 1. The summed E-state index contributed by atoms with van der Waals surface area (Å²) in [6.07, 6.45) is 2.94. The molecular weight excluding hydrogens is 352 g/mol. The molecule has 1 aromatic carbocycles. The van der Waals surface area contributed by atoms with Crippen LogP contribution < -0.4 is 10.1 Å². The van der Waals surface area contributed by atoms with Gasteiger partial charge in [-0.25, -0.2) is 4.98 Å². The topological polar surface area (TPSA) is 51.2 Å². The van der Waals surface area contributed by atoms with Crippen LogP contribution >= 0.6 is 27.3 Å². The van der Waals surface area contributed by atoms with Crippen molar-refractivity contribution < 1.29 is 9.53 Å². The molecule has 0 spiro atoms. The van der Waals surface area contributed by atoms with Crippen LogP contribution in [0.25, 0.3) is 10.2 Å². The molecular formula is C15H19BrN2O2S. The van der Waals surface area contributed by atoms with Crippen molar-refractivity contribution in [2.24, 2.45) is 0 Å². The molecule has 1 aromatic heterocycles. The summed E-state index contributed by atoms with van der Waals surface area (Å²) >= 11 is 4.89. The van der Waals surface area contributed by atoms with Crippen molar-refractivity contribution >= 4 is 48.5 Å². The fourth-order valence-electron chi connectivity index (χ4n) is 1.91.